The van der Waals surface area contributed by atoms with Gasteiger partial charge in [0, 0.05) is 30.5 Å². The highest BCUT2D eigenvalue weighted by Crippen LogP contribution is 2.27. The summed E-state index contributed by atoms with van der Waals surface area (Å²) in [7, 11) is -3.17. The van der Waals surface area contributed by atoms with Gasteiger partial charge in [-0.15, -0.1) is 0 Å². The van der Waals surface area contributed by atoms with Gasteiger partial charge in [0.25, 0.3) is 0 Å². The lowest BCUT2D eigenvalue weighted by atomic mass is 10.1. The van der Waals surface area contributed by atoms with Crippen molar-refractivity contribution in [2.75, 3.05) is 18.8 Å². The Morgan fingerprint density at radius 3 is 2.12 bits per heavy atom. The van der Waals surface area contributed by atoms with Crippen LogP contribution in [0.2, 0.25) is 0 Å². The van der Waals surface area contributed by atoms with Crippen molar-refractivity contribution in [2.24, 2.45) is 0 Å². The number of piperidine rings is 1. The summed E-state index contributed by atoms with van der Waals surface area (Å²) in [6.45, 7) is 5.49. The molecule has 0 spiro atoms. The van der Waals surface area contributed by atoms with Gasteiger partial charge in [-0.2, -0.15) is 0 Å². The molecule has 0 amide bonds. The molecule has 1 aliphatic heterocycles. The lowest BCUT2D eigenvalue weighted by Gasteiger charge is -2.33. The molecular weight excluding hydrogens is 320 g/mol. The molecule has 2 aromatic rings. The number of hydrogen-bond acceptors (Lipinski definition) is 2. The maximum atomic E-state index is 12.6. The third kappa shape index (κ3) is 3.73. The van der Waals surface area contributed by atoms with Crippen molar-refractivity contribution in [3.8, 4) is 0 Å². The molecule has 1 saturated heterocycles. The van der Waals surface area contributed by atoms with Crippen molar-refractivity contribution in [1.82, 2.24) is 8.87 Å². The number of rotatable bonds is 5. The van der Waals surface area contributed by atoms with Crippen LogP contribution in [0.1, 0.15) is 35.8 Å². The summed E-state index contributed by atoms with van der Waals surface area (Å²) in [4.78, 5) is 0. The first kappa shape index (κ1) is 17.2. The molecule has 3 rings (SSSR count). The predicted octanol–water partition coefficient (Wildman–Crippen LogP) is 3.31. The summed E-state index contributed by atoms with van der Waals surface area (Å²) in [5, 5.41) is 0. The van der Waals surface area contributed by atoms with Crippen molar-refractivity contribution in [3.63, 3.8) is 0 Å². The van der Waals surface area contributed by atoms with E-state index in [2.05, 4.69) is 30.5 Å². The Balaban J connectivity index is 1.59. The molecule has 0 aliphatic carbocycles. The molecule has 0 atom stereocenters. The quantitative estimate of drug-likeness (QED) is 0.833. The Bertz CT molecular complexity index is 753. The van der Waals surface area contributed by atoms with E-state index in [1.165, 1.54) is 11.4 Å². The number of aryl methyl sites for hydroxylation is 3. The van der Waals surface area contributed by atoms with Crippen LogP contribution >= 0.6 is 0 Å². The fraction of sp³-hybridized carbons (Fsp3) is 0.474. The largest absolute Gasteiger partial charge is 0.346 e. The van der Waals surface area contributed by atoms with E-state index in [0.29, 0.717) is 25.6 Å². The van der Waals surface area contributed by atoms with E-state index < -0.39 is 10.0 Å². The number of sulfonamides is 1. The Labute approximate surface area is 145 Å². The Kier molecular flexibility index (Phi) is 5.11. The van der Waals surface area contributed by atoms with Crippen molar-refractivity contribution >= 4 is 10.0 Å². The lowest BCUT2D eigenvalue weighted by molar-refractivity contribution is 0.270. The average Bonchev–Trinajstić information content (AvgIpc) is 2.93. The van der Waals surface area contributed by atoms with Crippen LogP contribution in [-0.2, 0) is 16.4 Å². The zero-order valence-corrected chi connectivity index (χ0v) is 15.3. The van der Waals surface area contributed by atoms with Crippen LogP contribution in [0.5, 0.6) is 0 Å². The van der Waals surface area contributed by atoms with Crippen LogP contribution in [0.15, 0.2) is 42.5 Å². The molecule has 0 N–H and O–H groups in total. The second kappa shape index (κ2) is 7.11. The van der Waals surface area contributed by atoms with Crippen LogP contribution in [0, 0.1) is 13.8 Å². The Morgan fingerprint density at radius 1 is 0.958 bits per heavy atom. The highest BCUT2D eigenvalue weighted by Gasteiger charge is 2.29. The fourth-order valence-electron chi connectivity index (χ4n) is 3.66. The van der Waals surface area contributed by atoms with E-state index in [1.807, 2.05) is 30.3 Å². The van der Waals surface area contributed by atoms with E-state index >= 15 is 0 Å². The van der Waals surface area contributed by atoms with Gasteiger partial charge in [0.15, 0.2) is 0 Å². The molecule has 130 valence electrons. The molecule has 1 fully saturated rings. The van der Waals surface area contributed by atoms with Crippen molar-refractivity contribution in [3.05, 3.63) is 59.4 Å². The molecule has 2 heterocycles. The minimum Gasteiger partial charge on any atom is -0.346 e. The second-order valence-corrected chi connectivity index (χ2v) is 8.76. The van der Waals surface area contributed by atoms with E-state index in [0.717, 1.165) is 18.4 Å². The topological polar surface area (TPSA) is 42.3 Å². The monoisotopic (exact) mass is 346 g/mol. The Hall–Kier alpha value is -1.59. The normalized spacial score (nSPS) is 17.2. The zero-order chi connectivity index (χ0) is 17.2. The van der Waals surface area contributed by atoms with Crippen LogP contribution < -0.4 is 0 Å². The van der Waals surface area contributed by atoms with Crippen LogP contribution in [0.25, 0.3) is 0 Å². The van der Waals surface area contributed by atoms with Crippen molar-refractivity contribution in [2.45, 2.75) is 39.2 Å². The maximum absolute atomic E-state index is 12.6. The first-order chi connectivity index (χ1) is 11.5. The zero-order valence-electron chi connectivity index (χ0n) is 14.5. The summed E-state index contributed by atoms with van der Waals surface area (Å²) in [6, 6.07) is 14.5. The third-order valence-corrected chi connectivity index (χ3v) is 6.87. The van der Waals surface area contributed by atoms with Gasteiger partial charge >= 0.3 is 0 Å². The standard InChI is InChI=1S/C19H26N2O2S/c1-16-8-9-17(2)21(16)19-10-13-20(14-11-19)24(22,23)15-12-18-6-4-3-5-7-18/h3-9,19H,10-15H2,1-2H3. The maximum Gasteiger partial charge on any atom is 0.214 e. The highest BCUT2D eigenvalue weighted by molar-refractivity contribution is 7.89. The molecule has 4 nitrogen and oxygen atoms in total. The minimum absolute atomic E-state index is 0.198. The highest BCUT2D eigenvalue weighted by atomic mass is 32.2. The van der Waals surface area contributed by atoms with Gasteiger partial charge in [0.2, 0.25) is 10.0 Å². The summed E-state index contributed by atoms with van der Waals surface area (Å²) >= 11 is 0. The Morgan fingerprint density at radius 2 is 1.54 bits per heavy atom. The first-order valence-electron chi connectivity index (χ1n) is 8.63. The number of nitrogens with zero attached hydrogens (tertiary/aromatic N) is 2. The lowest BCUT2D eigenvalue weighted by Crippen LogP contribution is -2.40. The van der Waals surface area contributed by atoms with Crippen LogP contribution in [0.4, 0.5) is 0 Å². The van der Waals surface area contributed by atoms with Gasteiger partial charge in [-0.3, -0.25) is 0 Å². The molecule has 0 saturated carbocycles. The summed E-state index contributed by atoms with van der Waals surface area (Å²) in [6.07, 6.45) is 2.36. The molecule has 0 unspecified atom stereocenters. The van der Waals surface area contributed by atoms with Gasteiger partial charge in [-0.25, -0.2) is 12.7 Å². The summed E-state index contributed by atoms with van der Waals surface area (Å²) < 4.78 is 29.2. The van der Waals surface area contributed by atoms with E-state index in [1.54, 1.807) is 4.31 Å². The summed E-state index contributed by atoms with van der Waals surface area (Å²) in [5.74, 6) is 0.198. The summed E-state index contributed by atoms with van der Waals surface area (Å²) in [5.41, 5.74) is 3.60. The van der Waals surface area contributed by atoms with Crippen molar-refractivity contribution in [1.29, 1.82) is 0 Å². The van der Waals surface area contributed by atoms with E-state index in [-0.39, 0.29) is 5.75 Å². The molecule has 1 aromatic carbocycles. The molecule has 1 aliphatic rings. The van der Waals surface area contributed by atoms with E-state index in [9.17, 15) is 8.42 Å². The second-order valence-electron chi connectivity index (χ2n) is 6.67. The van der Waals surface area contributed by atoms with Gasteiger partial charge in [0.05, 0.1) is 5.75 Å². The van der Waals surface area contributed by atoms with Gasteiger partial charge in [0.1, 0.15) is 0 Å². The van der Waals surface area contributed by atoms with Gasteiger partial charge < -0.3 is 4.57 Å². The minimum atomic E-state index is -3.17. The molecule has 5 heteroatoms. The predicted molar refractivity (Wildman–Crippen MR) is 97.7 cm³/mol. The molecular formula is C19H26N2O2S. The number of aromatic nitrogens is 1. The third-order valence-electron chi connectivity index (χ3n) is 5.00. The van der Waals surface area contributed by atoms with E-state index in [4.69, 9.17) is 0 Å². The molecule has 0 radical (unpaired) electrons. The number of benzene rings is 1. The average molecular weight is 346 g/mol. The van der Waals surface area contributed by atoms with Crippen LogP contribution in [0.3, 0.4) is 0 Å². The smallest absolute Gasteiger partial charge is 0.214 e. The van der Waals surface area contributed by atoms with Crippen LogP contribution in [-0.4, -0.2) is 36.1 Å². The SMILES string of the molecule is Cc1ccc(C)n1C1CCN(S(=O)(=O)CCc2ccccc2)CC1. The van der Waals surface area contributed by atoms with Crippen molar-refractivity contribution < 1.29 is 8.42 Å². The fourth-order valence-corrected chi connectivity index (χ4v) is 5.17. The molecule has 0 bridgehead atoms. The van der Waals surface area contributed by atoms with Gasteiger partial charge in [-0.1, -0.05) is 30.3 Å². The molecule has 24 heavy (non-hydrogen) atoms. The first-order valence-corrected chi connectivity index (χ1v) is 10.2. The number of hydrogen-bond donors (Lipinski definition) is 0. The van der Waals surface area contributed by atoms with Gasteiger partial charge in [-0.05, 0) is 50.8 Å². The molecule has 1 aromatic heterocycles.